The molecule has 0 heterocycles. The van der Waals surface area contributed by atoms with Gasteiger partial charge in [0.25, 0.3) is 5.91 Å². The number of rotatable bonds is 7. The normalized spacial score (nSPS) is 10.0. The number of benzene rings is 1. The number of nitrogens with zero attached hydrogens (tertiary/aromatic N) is 1. The Morgan fingerprint density at radius 1 is 1.20 bits per heavy atom. The number of aliphatic imine (C=N–C) groups is 1. The molecule has 8 heteroatoms. The summed E-state index contributed by atoms with van der Waals surface area (Å²) in [7, 11) is 0. The first-order valence-corrected chi connectivity index (χ1v) is 7.85. The van der Waals surface area contributed by atoms with Gasteiger partial charge in [-0.05, 0) is 25.0 Å². The van der Waals surface area contributed by atoms with E-state index >= 15 is 0 Å². The molecular formula is C17H28N4O4. The van der Waals surface area contributed by atoms with Crippen LogP contribution in [0, 0.1) is 0 Å². The minimum Gasteiger partial charge on any atom is -0.480 e. The number of nitrogens with two attached hydrogens (primary N) is 2. The fraction of sp³-hybridized carbons (Fsp3) is 0.412. The molecule has 140 valence electrons. The molecule has 1 amide bonds. The molecule has 1 rings (SSSR count). The Kier molecular flexibility index (Phi) is 15.6. The maximum atomic E-state index is 11.9. The van der Waals surface area contributed by atoms with E-state index in [1.54, 1.807) is 30.3 Å². The third-order valence-corrected chi connectivity index (χ3v) is 2.58. The molecule has 0 fully saturated rings. The van der Waals surface area contributed by atoms with Gasteiger partial charge >= 0.3 is 5.97 Å². The average molecular weight is 352 g/mol. The predicted molar refractivity (Wildman–Crippen MR) is 98.3 cm³/mol. The highest BCUT2D eigenvalue weighted by Crippen LogP contribution is 2.03. The highest BCUT2D eigenvalue weighted by molar-refractivity contribution is 5.96. The smallest absolute Gasteiger partial charge is 0.326 e. The molecule has 0 aromatic heterocycles. The zero-order chi connectivity index (χ0) is 19.7. The zero-order valence-electron chi connectivity index (χ0n) is 14.8. The van der Waals surface area contributed by atoms with Gasteiger partial charge in [0.15, 0.2) is 5.96 Å². The van der Waals surface area contributed by atoms with Crippen molar-refractivity contribution in [3.63, 3.8) is 0 Å². The molecule has 8 nitrogen and oxygen atoms in total. The van der Waals surface area contributed by atoms with Gasteiger partial charge in [0.05, 0.1) is 0 Å². The van der Waals surface area contributed by atoms with Crippen molar-refractivity contribution in [3.05, 3.63) is 35.9 Å². The van der Waals surface area contributed by atoms with Crippen LogP contribution in [-0.4, -0.2) is 42.3 Å². The molecular weight excluding hydrogens is 324 g/mol. The van der Waals surface area contributed by atoms with Crippen LogP contribution in [0.2, 0.25) is 0 Å². The summed E-state index contributed by atoms with van der Waals surface area (Å²) in [6, 6.07) is 7.48. The number of nitrogens with one attached hydrogen (secondary N) is 1. The molecule has 0 aliphatic carbocycles. The van der Waals surface area contributed by atoms with Crippen molar-refractivity contribution in [2.24, 2.45) is 16.5 Å². The van der Waals surface area contributed by atoms with Crippen molar-refractivity contribution in [3.8, 4) is 0 Å². The van der Waals surface area contributed by atoms with Gasteiger partial charge in [-0.25, -0.2) is 4.79 Å². The Morgan fingerprint density at radius 3 is 2.16 bits per heavy atom. The second kappa shape index (κ2) is 16.0. The molecule has 0 bridgehead atoms. The van der Waals surface area contributed by atoms with Gasteiger partial charge in [0, 0.05) is 12.1 Å². The van der Waals surface area contributed by atoms with E-state index in [9.17, 15) is 9.59 Å². The Bertz CT molecular complexity index is 517. The number of carboxylic acid groups (broad SMARTS) is 1. The zero-order valence-corrected chi connectivity index (χ0v) is 14.8. The third-order valence-electron chi connectivity index (χ3n) is 2.58. The minimum absolute atomic E-state index is 0.0369. The molecule has 1 unspecified atom stereocenters. The Labute approximate surface area is 148 Å². The van der Waals surface area contributed by atoms with Gasteiger partial charge in [-0.15, -0.1) is 0 Å². The van der Waals surface area contributed by atoms with E-state index in [0.717, 1.165) is 0 Å². The molecule has 0 saturated carbocycles. The number of hydrogen-bond donors (Lipinski definition) is 4. The molecule has 1 atom stereocenters. The molecule has 0 radical (unpaired) electrons. The van der Waals surface area contributed by atoms with Gasteiger partial charge in [-0.2, -0.15) is 0 Å². The van der Waals surface area contributed by atoms with E-state index in [1.807, 2.05) is 6.79 Å². The summed E-state index contributed by atoms with van der Waals surface area (Å²) >= 11 is 0. The van der Waals surface area contributed by atoms with Crippen LogP contribution >= 0.6 is 0 Å². The standard InChI is InChI=1S/C13H18N4O3.C3H8.CH2O/c14-13(15)16-8-4-7-10(12(19)20)17-11(18)9-5-2-1-3-6-9;1-3-2;1-2/h1-3,5-6,10H,4,7-8H2,(H,17,18)(H,19,20)(H4,14,15,16);3H2,1-2H3;1H2. The summed E-state index contributed by atoms with van der Waals surface area (Å²) in [6.45, 7) is 6.58. The van der Waals surface area contributed by atoms with E-state index < -0.39 is 17.9 Å². The summed E-state index contributed by atoms with van der Waals surface area (Å²) in [5.41, 5.74) is 10.8. The summed E-state index contributed by atoms with van der Waals surface area (Å²) < 4.78 is 0. The lowest BCUT2D eigenvalue weighted by Gasteiger charge is -2.14. The van der Waals surface area contributed by atoms with Crippen molar-refractivity contribution in [2.45, 2.75) is 39.2 Å². The van der Waals surface area contributed by atoms with Crippen LogP contribution in [0.5, 0.6) is 0 Å². The van der Waals surface area contributed by atoms with Gasteiger partial charge in [0.1, 0.15) is 12.8 Å². The van der Waals surface area contributed by atoms with Crippen molar-refractivity contribution in [1.82, 2.24) is 5.32 Å². The molecule has 6 N–H and O–H groups in total. The summed E-state index contributed by atoms with van der Waals surface area (Å²) in [5.74, 6) is -1.54. The lowest BCUT2D eigenvalue weighted by Crippen LogP contribution is -2.40. The topological polar surface area (TPSA) is 148 Å². The second-order valence-corrected chi connectivity index (χ2v) is 4.89. The third kappa shape index (κ3) is 13.3. The van der Waals surface area contributed by atoms with Gasteiger partial charge in [-0.1, -0.05) is 38.5 Å². The SMILES string of the molecule is C=O.CCC.NC(N)=NCCCC(NC(=O)c1ccccc1)C(=O)O. The average Bonchev–Trinajstić information content (AvgIpc) is 2.60. The van der Waals surface area contributed by atoms with E-state index in [0.29, 0.717) is 18.5 Å². The monoisotopic (exact) mass is 352 g/mol. The lowest BCUT2D eigenvalue weighted by atomic mass is 10.1. The number of carboxylic acids is 1. The Balaban J connectivity index is 0. The largest absolute Gasteiger partial charge is 0.480 e. The molecule has 1 aromatic rings. The number of hydrogen-bond acceptors (Lipinski definition) is 4. The summed E-state index contributed by atoms with van der Waals surface area (Å²) in [4.78, 5) is 34.7. The summed E-state index contributed by atoms with van der Waals surface area (Å²) in [6.07, 6.45) is 1.97. The van der Waals surface area contributed by atoms with Gasteiger partial charge in [-0.3, -0.25) is 9.79 Å². The molecule has 0 spiro atoms. The van der Waals surface area contributed by atoms with Crippen LogP contribution < -0.4 is 16.8 Å². The molecule has 0 aliphatic heterocycles. The molecule has 0 aliphatic rings. The quantitative estimate of drug-likeness (QED) is 0.329. The van der Waals surface area contributed by atoms with Crippen LogP contribution in [0.25, 0.3) is 0 Å². The van der Waals surface area contributed by atoms with E-state index in [1.165, 1.54) is 6.42 Å². The number of carbonyl (C=O) groups is 3. The second-order valence-electron chi connectivity index (χ2n) is 4.89. The lowest BCUT2D eigenvalue weighted by molar-refractivity contribution is -0.139. The van der Waals surface area contributed by atoms with E-state index in [4.69, 9.17) is 21.4 Å². The van der Waals surface area contributed by atoms with E-state index in [2.05, 4.69) is 24.2 Å². The maximum Gasteiger partial charge on any atom is 0.326 e. The highest BCUT2D eigenvalue weighted by atomic mass is 16.4. The van der Waals surface area contributed by atoms with Crippen molar-refractivity contribution in [2.75, 3.05) is 6.54 Å². The minimum atomic E-state index is -1.08. The molecule has 0 saturated heterocycles. The molecule has 25 heavy (non-hydrogen) atoms. The highest BCUT2D eigenvalue weighted by Gasteiger charge is 2.19. The predicted octanol–water partition coefficient (Wildman–Crippen LogP) is 1.15. The first kappa shape index (κ1) is 24.4. The molecule has 1 aromatic carbocycles. The number of carbonyl (C=O) groups excluding carboxylic acids is 2. The van der Waals surface area contributed by atoms with Crippen LogP contribution in [0.15, 0.2) is 35.3 Å². The van der Waals surface area contributed by atoms with Crippen LogP contribution in [0.1, 0.15) is 43.5 Å². The Morgan fingerprint density at radius 2 is 1.72 bits per heavy atom. The van der Waals surface area contributed by atoms with Crippen LogP contribution in [0.4, 0.5) is 0 Å². The first-order valence-electron chi connectivity index (χ1n) is 7.85. The summed E-state index contributed by atoms with van der Waals surface area (Å²) in [5, 5.41) is 11.5. The first-order chi connectivity index (χ1) is 11.9. The van der Waals surface area contributed by atoms with Crippen LogP contribution in [0.3, 0.4) is 0 Å². The number of amides is 1. The van der Waals surface area contributed by atoms with E-state index in [-0.39, 0.29) is 12.4 Å². The van der Waals surface area contributed by atoms with Crippen molar-refractivity contribution < 1.29 is 19.5 Å². The number of guanidine groups is 1. The van der Waals surface area contributed by atoms with Gasteiger partial charge < -0.3 is 26.7 Å². The Hall–Kier alpha value is -2.90. The number of aliphatic carboxylic acids is 1. The van der Waals surface area contributed by atoms with Gasteiger partial charge in [0.2, 0.25) is 0 Å². The fourth-order valence-corrected chi connectivity index (χ4v) is 1.59. The van der Waals surface area contributed by atoms with Crippen molar-refractivity contribution >= 4 is 24.6 Å². The van der Waals surface area contributed by atoms with Crippen LogP contribution in [-0.2, 0) is 9.59 Å². The van der Waals surface area contributed by atoms with Crippen molar-refractivity contribution in [1.29, 1.82) is 0 Å². The fourth-order valence-electron chi connectivity index (χ4n) is 1.59. The maximum absolute atomic E-state index is 11.9.